The summed E-state index contributed by atoms with van der Waals surface area (Å²) in [5, 5.41) is 13.8. The second kappa shape index (κ2) is 6.13. The minimum atomic E-state index is -1.18. The van der Waals surface area contributed by atoms with E-state index in [1.54, 1.807) is 11.7 Å². The molecule has 1 aromatic carbocycles. The minimum absolute atomic E-state index is 0.00602. The van der Waals surface area contributed by atoms with Crippen molar-refractivity contribution >= 4 is 17.6 Å². The first-order valence-corrected chi connectivity index (χ1v) is 6.67. The molecule has 2 rings (SSSR count). The lowest BCUT2D eigenvalue weighted by Gasteiger charge is -2.09. The van der Waals surface area contributed by atoms with Crippen molar-refractivity contribution in [2.75, 3.05) is 0 Å². The molecule has 0 fully saturated rings. The lowest BCUT2D eigenvalue weighted by atomic mass is 10.2. The van der Waals surface area contributed by atoms with Gasteiger partial charge in [-0.2, -0.15) is 5.10 Å². The van der Waals surface area contributed by atoms with Crippen LogP contribution >= 0.6 is 11.6 Å². The molecule has 1 N–H and O–H groups in total. The van der Waals surface area contributed by atoms with Gasteiger partial charge in [-0.25, -0.2) is 9.18 Å². The SMILES string of the molecule is CCc1nn(C)c(COc2cc(F)ccc2C(=O)O)c1Cl. The van der Waals surface area contributed by atoms with Crippen molar-refractivity contribution < 1.29 is 19.0 Å². The van der Waals surface area contributed by atoms with Gasteiger partial charge in [-0.05, 0) is 18.6 Å². The van der Waals surface area contributed by atoms with E-state index >= 15 is 0 Å². The second-order valence-corrected chi connectivity index (χ2v) is 4.80. The van der Waals surface area contributed by atoms with Gasteiger partial charge in [0.2, 0.25) is 0 Å². The number of rotatable bonds is 5. The van der Waals surface area contributed by atoms with Crippen molar-refractivity contribution in [3.05, 3.63) is 46.0 Å². The first kappa shape index (κ1) is 15.3. The van der Waals surface area contributed by atoms with Crippen molar-refractivity contribution in [1.29, 1.82) is 0 Å². The van der Waals surface area contributed by atoms with Crippen LogP contribution in [-0.2, 0) is 20.1 Å². The number of carbonyl (C=O) groups is 1. The molecule has 1 aromatic heterocycles. The monoisotopic (exact) mass is 312 g/mol. The normalized spacial score (nSPS) is 10.7. The summed E-state index contributed by atoms with van der Waals surface area (Å²) >= 11 is 6.18. The summed E-state index contributed by atoms with van der Waals surface area (Å²) in [5.74, 6) is -1.80. The van der Waals surface area contributed by atoms with E-state index in [0.29, 0.717) is 17.1 Å². The van der Waals surface area contributed by atoms with Crippen molar-refractivity contribution in [3.63, 3.8) is 0 Å². The maximum Gasteiger partial charge on any atom is 0.339 e. The number of aromatic carboxylic acids is 1. The number of hydrogen-bond acceptors (Lipinski definition) is 3. The van der Waals surface area contributed by atoms with Crippen molar-refractivity contribution in [2.24, 2.45) is 7.05 Å². The third-order valence-electron chi connectivity index (χ3n) is 3.04. The quantitative estimate of drug-likeness (QED) is 0.921. The van der Waals surface area contributed by atoms with E-state index in [2.05, 4.69) is 5.10 Å². The molecule has 0 saturated heterocycles. The second-order valence-electron chi connectivity index (χ2n) is 4.42. The summed E-state index contributed by atoms with van der Waals surface area (Å²) in [6.45, 7) is 1.93. The molecule has 0 unspecified atom stereocenters. The molecule has 1 heterocycles. The molecule has 7 heteroatoms. The summed E-state index contributed by atoms with van der Waals surface area (Å²) in [5.41, 5.74) is 1.23. The predicted octanol–water partition coefficient (Wildman–Crippen LogP) is 3.05. The average molecular weight is 313 g/mol. The summed E-state index contributed by atoms with van der Waals surface area (Å²) in [6, 6.07) is 3.27. The van der Waals surface area contributed by atoms with E-state index in [1.807, 2.05) is 6.92 Å². The van der Waals surface area contributed by atoms with Crippen LogP contribution in [0.1, 0.15) is 28.7 Å². The fourth-order valence-electron chi connectivity index (χ4n) is 1.92. The Hall–Kier alpha value is -2.08. The summed E-state index contributed by atoms with van der Waals surface area (Å²) < 4.78 is 20.2. The Kier molecular flexibility index (Phi) is 4.47. The molecule has 0 radical (unpaired) electrons. The molecular weight excluding hydrogens is 299 g/mol. The molecule has 0 aliphatic heterocycles. The Labute approximate surface area is 125 Å². The van der Waals surface area contributed by atoms with Crippen LogP contribution in [-0.4, -0.2) is 20.9 Å². The van der Waals surface area contributed by atoms with Gasteiger partial charge in [0.1, 0.15) is 23.7 Å². The highest BCUT2D eigenvalue weighted by Gasteiger charge is 2.16. The molecule has 0 spiro atoms. The molecule has 0 amide bonds. The highest BCUT2D eigenvalue weighted by molar-refractivity contribution is 6.31. The fraction of sp³-hybridized carbons (Fsp3) is 0.286. The van der Waals surface area contributed by atoms with Gasteiger partial charge in [0.25, 0.3) is 0 Å². The number of ether oxygens (including phenoxy) is 1. The third-order valence-corrected chi connectivity index (χ3v) is 3.48. The van der Waals surface area contributed by atoms with Gasteiger partial charge in [0.15, 0.2) is 0 Å². The van der Waals surface area contributed by atoms with Crippen LogP contribution < -0.4 is 4.74 Å². The van der Waals surface area contributed by atoms with E-state index in [9.17, 15) is 9.18 Å². The first-order chi connectivity index (χ1) is 9.93. The van der Waals surface area contributed by atoms with Crippen LogP contribution in [0.5, 0.6) is 5.75 Å². The van der Waals surface area contributed by atoms with Gasteiger partial charge in [-0.1, -0.05) is 18.5 Å². The van der Waals surface area contributed by atoms with Gasteiger partial charge >= 0.3 is 5.97 Å². The highest BCUT2D eigenvalue weighted by atomic mass is 35.5. The number of halogens is 2. The summed E-state index contributed by atoms with van der Waals surface area (Å²) in [6.07, 6.45) is 0.674. The lowest BCUT2D eigenvalue weighted by Crippen LogP contribution is -2.07. The van der Waals surface area contributed by atoms with Gasteiger partial charge in [0.05, 0.1) is 16.4 Å². The third kappa shape index (κ3) is 3.16. The average Bonchev–Trinajstić information content (AvgIpc) is 2.71. The Morgan fingerprint density at radius 3 is 2.81 bits per heavy atom. The number of nitrogens with zero attached hydrogens (tertiary/aromatic N) is 2. The Morgan fingerprint density at radius 1 is 1.52 bits per heavy atom. The number of carboxylic acid groups (broad SMARTS) is 1. The number of carboxylic acids is 1. The summed E-state index contributed by atoms with van der Waals surface area (Å²) in [4.78, 5) is 11.1. The van der Waals surface area contributed by atoms with Gasteiger partial charge in [-0.15, -0.1) is 0 Å². The molecule has 2 aromatic rings. The van der Waals surface area contributed by atoms with Crippen LogP contribution in [0.25, 0.3) is 0 Å². The largest absolute Gasteiger partial charge is 0.486 e. The zero-order valence-corrected chi connectivity index (χ0v) is 12.3. The van der Waals surface area contributed by atoms with Crippen LogP contribution in [0.2, 0.25) is 5.02 Å². The Balaban J connectivity index is 2.26. The zero-order chi connectivity index (χ0) is 15.6. The molecule has 0 bridgehead atoms. The maximum absolute atomic E-state index is 13.2. The first-order valence-electron chi connectivity index (χ1n) is 6.30. The minimum Gasteiger partial charge on any atom is -0.486 e. The van der Waals surface area contributed by atoms with E-state index in [4.69, 9.17) is 21.4 Å². The number of aryl methyl sites for hydroxylation is 2. The number of aromatic nitrogens is 2. The highest BCUT2D eigenvalue weighted by Crippen LogP contribution is 2.25. The van der Waals surface area contributed by atoms with Crippen LogP contribution in [0, 0.1) is 5.82 Å². The van der Waals surface area contributed by atoms with E-state index in [1.165, 1.54) is 0 Å². The van der Waals surface area contributed by atoms with Crippen molar-refractivity contribution in [1.82, 2.24) is 9.78 Å². The summed E-state index contributed by atoms with van der Waals surface area (Å²) in [7, 11) is 1.72. The molecular formula is C14H14ClFN2O3. The van der Waals surface area contributed by atoms with Crippen LogP contribution in [0.4, 0.5) is 4.39 Å². The predicted molar refractivity (Wildman–Crippen MR) is 75.3 cm³/mol. The van der Waals surface area contributed by atoms with Crippen molar-refractivity contribution in [3.8, 4) is 5.75 Å². The zero-order valence-electron chi connectivity index (χ0n) is 11.6. The maximum atomic E-state index is 13.2. The van der Waals surface area contributed by atoms with Crippen molar-refractivity contribution in [2.45, 2.75) is 20.0 Å². The standard InChI is InChI=1S/C14H14ClFN2O3/c1-3-10-13(15)11(18(2)17-10)7-21-12-6-8(16)4-5-9(12)14(19)20/h4-6H,3,7H2,1-2H3,(H,19,20). The van der Waals surface area contributed by atoms with Crippen LogP contribution in [0.3, 0.4) is 0 Å². The number of hydrogen-bond donors (Lipinski definition) is 1. The van der Waals surface area contributed by atoms with E-state index in [0.717, 1.165) is 23.9 Å². The molecule has 0 saturated carbocycles. The van der Waals surface area contributed by atoms with Gasteiger partial charge in [0, 0.05) is 13.1 Å². The molecule has 21 heavy (non-hydrogen) atoms. The molecule has 0 aliphatic rings. The molecule has 0 atom stereocenters. The fourth-order valence-corrected chi connectivity index (χ4v) is 2.26. The molecule has 112 valence electrons. The molecule has 0 aliphatic carbocycles. The van der Waals surface area contributed by atoms with Crippen LogP contribution in [0.15, 0.2) is 18.2 Å². The Bertz CT molecular complexity index is 685. The number of benzene rings is 1. The topological polar surface area (TPSA) is 64.4 Å². The van der Waals surface area contributed by atoms with E-state index < -0.39 is 11.8 Å². The smallest absolute Gasteiger partial charge is 0.339 e. The molecule has 5 nitrogen and oxygen atoms in total. The lowest BCUT2D eigenvalue weighted by molar-refractivity contribution is 0.0691. The Morgan fingerprint density at radius 2 is 2.24 bits per heavy atom. The van der Waals surface area contributed by atoms with Gasteiger partial charge < -0.3 is 9.84 Å². The van der Waals surface area contributed by atoms with Gasteiger partial charge in [-0.3, -0.25) is 4.68 Å². The van der Waals surface area contributed by atoms with E-state index in [-0.39, 0.29) is 17.9 Å².